The number of ether oxygens (including phenoxy) is 7. The molecule has 7 rings (SSSR count). The number of carbonyl (C=O) groups is 4. The maximum Gasteiger partial charge on any atom is 0.338 e. The Kier molecular flexibility index (Phi) is 14.4. The van der Waals surface area contributed by atoms with E-state index >= 15 is 4.79 Å². The van der Waals surface area contributed by atoms with Crippen molar-refractivity contribution in [1.29, 1.82) is 0 Å². The molecule has 16 nitrogen and oxygen atoms in total. The summed E-state index contributed by atoms with van der Waals surface area (Å²) in [6.45, 7) is 25.8. The van der Waals surface area contributed by atoms with E-state index in [2.05, 4.69) is 61.3 Å². The van der Waals surface area contributed by atoms with E-state index in [1.54, 1.807) is 6.08 Å². The second-order valence-corrected chi connectivity index (χ2v) is 22.4. The minimum atomic E-state index is -1.97. The van der Waals surface area contributed by atoms with Crippen molar-refractivity contribution in [3.63, 3.8) is 0 Å². The van der Waals surface area contributed by atoms with Gasteiger partial charge in [0.25, 0.3) is 0 Å². The van der Waals surface area contributed by atoms with Crippen LogP contribution in [0.5, 0.6) is 0 Å². The van der Waals surface area contributed by atoms with Crippen molar-refractivity contribution in [3.05, 3.63) is 49.6 Å². The summed E-state index contributed by atoms with van der Waals surface area (Å²) in [4.78, 5) is 54.7. The lowest BCUT2D eigenvalue weighted by Gasteiger charge is -2.70. The molecule has 2 saturated heterocycles. The molecule has 4 saturated carbocycles. The van der Waals surface area contributed by atoms with Gasteiger partial charge >= 0.3 is 17.9 Å². The van der Waals surface area contributed by atoms with E-state index in [9.17, 15) is 39.9 Å². The van der Waals surface area contributed by atoms with Gasteiger partial charge in [0.15, 0.2) is 30.6 Å². The van der Waals surface area contributed by atoms with Crippen LogP contribution in [0, 0.1) is 50.2 Å². The molecular formula is C51H74O16. The largest absolute Gasteiger partial charge is 0.461 e. The molecule has 5 N–H and O–H groups in total. The van der Waals surface area contributed by atoms with Gasteiger partial charge in [-0.1, -0.05) is 85.1 Å². The second kappa shape index (κ2) is 18.8. The first-order valence-electron chi connectivity index (χ1n) is 24.0. The number of ketones is 1. The third-order valence-electron chi connectivity index (χ3n) is 18.2. The lowest BCUT2D eigenvalue weighted by Crippen LogP contribution is -2.68. The predicted octanol–water partition coefficient (Wildman–Crippen LogP) is 4.18. The molecule has 6 fully saturated rings. The van der Waals surface area contributed by atoms with Crippen molar-refractivity contribution >= 4 is 23.7 Å². The smallest absolute Gasteiger partial charge is 0.338 e. The van der Waals surface area contributed by atoms with Crippen LogP contribution in [-0.4, -0.2) is 137 Å². The Morgan fingerprint density at radius 2 is 1.25 bits per heavy atom. The third-order valence-corrected chi connectivity index (χ3v) is 18.2. The van der Waals surface area contributed by atoms with Gasteiger partial charge in [-0.15, -0.1) is 0 Å². The van der Waals surface area contributed by atoms with Crippen LogP contribution in [0.4, 0.5) is 0 Å². The zero-order valence-electron chi connectivity index (χ0n) is 40.2. The standard InChI is InChI=1S/C51H74O16/c1-11-22-61-41(58)37-33(54)32(53)36(57)43(65-37)67-39-35(56)34(55)38(42(59)62-23-12-2)66-44(39)64-31-15-16-49(8)30(46(31,4)5)14-17-51(10)40(49)29(52)25-27-28-26-48(7,45(60)63-24-13-3)19-18-47(28,6)20-21-50(27,51)9/h11-13,25,28,30-40,43-44,53-57H,1-3,14-24,26H2,4-10H3/t28?,30?,31?,32-,33-,34-,35-,36+,37-,38-,39+,40?,43-,44+,47+,48-,49-,50+,51+/m0/s1. The summed E-state index contributed by atoms with van der Waals surface area (Å²) < 4.78 is 40.5. The van der Waals surface area contributed by atoms with Crippen molar-refractivity contribution in [2.75, 3.05) is 19.8 Å². The van der Waals surface area contributed by atoms with Crippen LogP contribution in [0.1, 0.15) is 106 Å². The van der Waals surface area contributed by atoms with Crippen LogP contribution in [0.15, 0.2) is 49.6 Å². The Morgan fingerprint density at radius 1 is 0.687 bits per heavy atom. The Labute approximate surface area is 394 Å². The van der Waals surface area contributed by atoms with E-state index in [1.807, 2.05) is 13.0 Å². The number of fused-ring (bicyclic) bond motifs is 7. The van der Waals surface area contributed by atoms with E-state index in [4.69, 9.17) is 33.2 Å². The average Bonchev–Trinajstić information content (AvgIpc) is 3.28. The molecule has 19 atom stereocenters. The number of aliphatic hydroxyl groups excluding tert-OH is 5. The highest BCUT2D eigenvalue weighted by Crippen LogP contribution is 2.75. The number of aliphatic hydroxyl groups is 5. The normalized spacial score (nSPS) is 46.7. The van der Waals surface area contributed by atoms with E-state index in [0.29, 0.717) is 19.3 Å². The van der Waals surface area contributed by atoms with Crippen LogP contribution >= 0.6 is 0 Å². The molecule has 0 amide bonds. The van der Waals surface area contributed by atoms with Crippen LogP contribution in [0.3, 0.4) is 0 Å². The monoisotopic (exact) mass is 942 g/mol. The average molecular weight is 943 g/mol. The fraction of sp³-hybridized carbons (Fsp3) is 0.765. The van der Waals surface area contributed by atoms with Crippen LogP contribution in [-0.2, 0) is 52.3 Å². The maximum atomic E-state index is 15.1. The highest BCUT2D eigenvalue weighted by Gasteiger charge is 2.71. The first-order chi connectivity index (χ1) is 31.4. The number of esters is 3. The van der Waals surface area contributed by atoms with Crippen molar-refractivity contribution in [3.8, 4) is 0 Å². The molecule has 374 valence electrons. The molecule has 2 aliphatic heterocycles. The zero-order valence-corrected chi connectivity index (χ0v) is 40.2. The summed E-state index contributed by atoms with van der Waals surface area (Å²) in [6, 6.07) is 0. The number of hydrogen-bond acceptors (Lipinski definition) is 16. The molecule has 2 heterocycles. The third kappa shape index (κ3) is 8.51. The van der Waals surface area contributed by atoms with E-state index < -0.39 is 101 Å². The molecular weight excluding hydrogens is 869 g/mol. The molecule has 0 aromatic rings. The van der Waals surface area contributed by atoms with Crippen molar-refractivity contribution in [1.82, 2.24) is 0 Å². The number of carbonyl (C=O) groups excluding carboxylic acids is 4. The van der Waals surface area contributed by atoms with Gasteiger partial charge in [0.05, 0.1) is 11.5 Å². The quantitative estimate of drug-likeness (QED) is 0.0754. The highest BCUT2D eigenvalue weighted by atomic mass is 16.8. The fourth-order valence-corrected chi connectivity index (χ4v) is 14.1. The van der Waals surface area contributed by atoms with Crippen LogP contribution < -0.4 is 0 Å². The molecule has 0 radical (unpaired) electrons. The molecule has 0 aromatic heterocycles. The van der Waals surface area contributed by atoms with Gasteiger partial charge in [-0.3, -0.25) is 9.59 Å². The molecule has 7 aliphatic rings. The van der Waals surface area contributed by atoms with Gasteiger partial charge in [0, 0.05) is 5.92 Å². The van der Waals surface area contributed by atoms with Crippen LogP contribution in [0.25, 0.3) is 0 Å². The molecule has 0 aromatic carbocycles. The van der Waals surface area contributed by atoms with E-state index in [-0.39, 0.29) is 60.2 Å². The number of hydrogen-bond donors (Lipinski definition) is 5. The summed E-state index contributed by atoms with van der Waals surface area (Å²) in [7, 11) is 0. The summed E-state index contributed by atoms with van der Waals surface area (Å²) in [5.41, 5.74) is -1.44. The molecule has 5 aliphatic carbocycles. The fourth-order valence-electron chi connectivity index (χ4n) is 14.1. The van der Waals surface area contributed by atoms with Crippen molar-refractivity contribution in [2.45, 2.75) is 174 Å². The first kappa shape index (κ1) is 51.5. The van der Waals surface area contributed by atoms with Crippen molar-refractivity contribution in [2.24, 2.45) is 50.2 Å². The maximum absolute atomic E-state index is 15.1. The molecule has 4 unspecified atom stereocenters. The summed E-state index contributed by atoms with van der Waals surface area (Å²) in [6.07, 6.45) is -6.40. The Morgan fingerprint density at radius 3 is 1.87 bits per heavy atom. The molecule has 0 spiro atoms. The van der Waals surface area contributed by atoms with Crippen molar-refractivity contribution < 1.29 is 77.9 Å². The van der Waals surface area contributed by atoms with Gasteiger partial charge in [-0.2, -0.15) is 0 Å². The van der Waals surface area contributed by atoms with Gasteiger partial charge < -0.3 is 58.7 Å². The first-order valence-corrected chi connectivity index (χ1v) is 24.0. The molecule has 16 heteroatoms. The highest BCUT2D eigenvalue weighted by molar-refractivity contribution is 5.95. The van der Waals surface area contributed by atoms with Crippen LogP contribution in [0.2, 0.25) is 0 Å². The lowest BCUT2D eigenvalue weighted by molar-refractivity contribution is -0.371. The van der Waals surface area contributed by atoms with E-state index in [1.165, 1.54) is 17.7 Å². The van der Waals surface area contributed by atoms with Gasteiger partial charge in [-0.25, -0.2) is 9.59 Å². The van der Waals surface area contributed by atoms with Gasteiger partial charge in [0.1, 0.15) is 56.4 Å². The van der Waals surface area contributed by atoms with E-state index in [0.717, 1.165) is 38.5 Å². The summed E-state index contributed by atoms with van der Waals surface area (Å²) in [5.74, 6) is -2.57. The Hall–Kier alpha value is -3.32. The Bertz CT molecular complexity index is 1980. The zero-order chi connectivity index (χ0) is 49.2. The SMILES string of the molecule is C=CCOC(=O)[C@H]1O[C@@H](O[C@H]2[C@H](OC3CC[C@@]4(C)C(CC[C@]5(C)C4C(=O)C=C4C6C[C@@](C)(C(=O)OCC=C)CC[C@]6(C)CC[C@]45C)C3(C)C)O[C@H](C(=O)OCC=C)[C@@H](O)[C@@H]2O)[C@H](O)[C@@H](O)[C@@H]1O. The lowest BCUT2D eigenvalue weighted by atomic mass is 9.33. The van der Waals surface area contributed by atoms with Gasteiger partial charge in [-0.05, 0) is 110 Å². The minimum Gasteiger partial charge on any atom is -0.461 e. The number of allylic oxidation sites excluding steroid dienone is 2. The van der Waals surface area contributed by atoms with Gasteiger partial charge in [0.2, 0.25) is 0 Å². The summed E-state index contributed by atoms with van der Waals surface area (Å²) in [5, 5.41) is 55.4. The molecule has 0 bridgehead atoms. The number of rotatable bonds is 13. The minimum absolute atomic E-state index is 0.0388. The summed E-state index contributed by atoms with van der Waals surface area (Å²) >= 11 is 0. The second-order valence-electron chi connectivity index (χ2n) is 22.4. The Balaban J connectivity index is 1.17. The topological polar surface area (TPSA) is 234 Å². The molecule has 67 heavy (non-hydrogen) atoms. The predicted molar refractivity (Wildman–Crippen MR) is 240 cm³/mol.